The average molecular weight is 298 g/mol. The number of rotatable bonds is 5. The van der Waals surface area contributed by atoms with Gasteiger partial charge in [0.05, 0.1) is 12.6 Å². The lowest BCUT2D eigenvalue weighted by Crippen LogP contribution is -2.47. The zero-order valence-electron chi connectivity index (χ0n) is 11.9. The van der Waals surface area contributed by atoms with Crippen molar-refractivity contribution >= 4 is 29.1 Å². The Kier molecular flexibility index (Phi) is 5.98. The first-order valence-corrected chi connectivity index (χ1v) is 6.75. The molecule has 0 aromatic heterocycles. The predicted molar refractivity (Wildman–Crippen MR) is 80.5 cm³/mol. The van der Waals surface area contributed by atoms with Crippen LogP contribution in [-0.2, 0) is 9.59 Å². The Labute approximate surface area is 124 Å². The van der Waals surface area contributed by atoms with Gasteiger partial charge in [-0.1, -0.05) is 31.5 Å². The molecule has 1 rings (SSSR count). The molecule has 2 amide bonds. The van der Waals surface area contributed by atoms with Gasteiger partial charge in [-0.25, -0.2) is 0 Å². The third kappa shape index (κ3) is 4.83. The summed E-state index contributed by atoms with van der Waals surface area (Å²) < 4.78 is 0. The highest BCUT2D eigenvalue weighted by Crippen LogP contribution is 2.14. The molecular formula is C14H20ClN3O2. The van der Waals surface area contributed by atoms with E-state index in [0.717, 1.165) is 0 Å². The lowest BCUT2D eigenvalue weighted by molar-refractivity contribution is -0.135. The van der Waals surface area contributed by atoms with Crippen LogP contribution < -0.4 is 11.1 Å². The van der Waals surface area contributed by atoms with E-state index in [4.69, 9.17) is 17.3 Å². The van der Waals surface area contributed by atoms with E-state index in [1.165, 1.54) is 4.90 Å². The van der Waals surface area contributed by atoms with Crippen molar-refractivity contribution in [1.29, 1.82) is 0 Å². The molecule has 0 fully saturated rings. The van der Waals surface area contributed by atoms with Gasteiger partial charge in [0.25, 0.3) is 0 Å². The van der Waals surface area contributed by atoms with E-state index in [1.54, 1.807) is 31.3 Å². The normalized spacial score (nSPS) is 12.1. The minimum atomic E-state index is -0.598. The van der Waals surface area contributed by atoms with Crippen molar-refractivity contribution in [2.24, 2.45) is 11.7 Å². The molecule has 20 heavy (non-hydrogen) atoms. The molecule has 0 spiro atoms. The number of nitrogens with zero attached hydrogens (tertiary/aromatic N) is 1. The van der Waals surface area contributed by atoms with Crippen LogP contribution in [-0.4, -0.2) is 36.3 Å². The van der Waals surface area contributed by atoms with E-state index in [0.29, 0.717) is 10.7 Å². The number of amides is 2. The second kappa shape index (κ2) is 7.26. The summed E-state index contributed by atoms with van der Waals surface area (Å²) in [6.07, 6.45) is 0. The van der Waals surface area contributed by atoms with E-state index in [1.807, 2.05) is 13.8 Å². The second-order valence-electron chi connectivity index (χ2n) is 5.02. The van der Waals surface area contributed by atoms with Gasteiger partial charge >= 0.3 is 0 Å². The summed E-state index contributed by atoms with van der Waals surface area (Å²) in [4.78, 5) is 25.1. The highest BCUT2D eigenvalue weighted by molar-refractivity contribution is 6.30. The maximum absolute atomic E-state index is 11.9. The lowest BCUT2D eigenvalue weighted by atomic mass is 10.0. The van der Waals surface area contributed by atoms with Crippen molar-refractivity contribution in [3.8, 4) is 0 Å². The third-order valence-corrected chi connectivity index (χ3v) is 3.10. The molecule has 0 heterocycles. The van der Waals surface area contributed by atoms with E-state index in [9.17, 15) is 9.59 Å². The molecule has 0 aliphatic rings. The van der Waals surface area contributed by atoms with Crippen LogP contribution in [0, 0.1) is 5.92 Å². The van der Waals surface area contributed by atoms with Gasteiger partial charge in [-0.3, -0.25) is 9.59 Å². The number of hydrogen-bond acceptors (Lipinski definition) is 3. The second-order valence-corrected chi connectivity index (χ2v) is 5.46. The molecule has 3 N–H and O–H groups in total. The molecule has 0 aliphatic carbocycles. The van der Waals surface area contributed by atoms with E-state index >= 15 is 0 Å². The molecule has 5 nitrogen and oxygen atoms in total. The first-order valence-electron chi connectivity index (χ1n) is 6.37. The minimum absolute atomic E-state index is 0.0286. The summed E-state index contributed by atoms with van der Waals surface area (Å²) in [5.74, 6) is -0.513. The van der Waals surface area contributed by atoms with Crippen LogP contribution in [0.3, 0.4) is 0 Å². The summed E-state index contributed by atoms with van der Waals surface area (Å²) in [5.41, 5.74) is 6.36. The lowest BCUT2D eigenvalue weighted by Gasteiger charge is -2.22. The van der Waals surface area contributed by atoms with E-state index in [2.05, 4.69) is 5.32 Å². The molecule has 0 unspecified atom stereocenters. The van der Waals surface area contributed by atoms with Crippen molar-refractivity contribution in [3.05, 3.63) is 29.3 Å². The SMILES string of the molecule is CC(C)[C@H](N)C(=O)N(C)CC(=O)Nc1cccc(Cl)c1. The first kappa shape index (κ1) is 16.5. The van der Waals surface area contributed by atoms with Crippen molar-refractivity contribution in [3.63, 3.8) is 0 Å². The number of likely N-dealkylation sites (N-methyl/N-ethyl adjacent to an activating group) is 1. The highest BCUT2D eigenvalue weighted by atomic mass is 35.5. The molecule has 0 bridgehead atoms. The molecule has 110 valence electrons. The average Bonchev–Trinajstić information content (AvgIpc) is 2.36. The molecule has 0 aliphatic heterocycles. The maximum Gasteiger partial charge on any atom is 0.243 e. The molecule has 1 atom stereocenters. The van der Waals surface area contributed by atoms with Gasteiger partial charge in [0.1, 0.15) is 0 Å². The fourth-order valence-corrected chi connectivity index (χ4v) is 1.79. The standard InChI is InChI=1S/C14H20ClN3O2/c1-9(2)13(16)14(20)18(3)8-12(19)17-11-6-4-5-10(15)7-11/h4-7,9,13H,8,16H2,1-3H3,(H,17,19)/t13-/m0/s1. The quantitative estimate of drug-likeness (QED) is 0.869. The fraction of sp³-hybridized carbons (Fsp3) is 0.429. The van der Waals surface area contributed by atoms with Crippen LogP contribution in [0.5, 0.6) is 0 Å². The molecule has 6 heteroatoms. The third-order valence-electron chi connectivity index (χ3n) is 2.87. The first-order chi connectivity index (χ1) is 9.31. The molecule has 1 aromatic rings. The number of anilines is 1. The van der Waals surface area contributed by atoms with E-state index < -0.39 is 6.04 Å². The zero-order chi connectivity index (χ0) is 15.3. The summed E-state index contributed by atoms with van der Waals surface area (Å²) in [7, 11) is 1.56. The topological polar surface area (TPSA) is 75.4 Å². The summed E-state index contributed by atoms with van der Waals surface area (Å²) in [5, 5.41) is 3.21. The van der Waals surface area contributed by atoms with Crippen LogP contribution in [0.4, 0.5) is 5.69 Å². The predicted octanol–water partition coefficient (Wildman–Crippen LogP) is 1.72. The van der Waals surface area contributed by atoms with Gasteiger partial charge in [0.2, 0.25) is 11.8 Å². The van der Waals surface area contributed by atoms with Gasteiger partial charge in [-0.2, -0.15) is 0 Å². The molecule has 0 saturated carbocycles. The zero-order valence-corrected chi connectivity index (χ0v) is 12.6. The number of benzene rings is 1. The van der Waals surface area contributed by atoms with Crippen LogP contribution in [0.1, 0.15) is 13.8 Å². The Morgan fingerprint density at radius 3 is 2.60 bits per heavy atom. The number of carbonyl (C=O) groups excluding carboxylic acids is 2. The van der Waals surface area contributed by atoms with Gasteiger partial charge in [-0.15, -0.1) is 0 Å². The van der Waals surface area contributed by atoms with Crippen molar-refractivity contribution in [2.45, 2.75) is 19.9 Å². The van der Waals surface area contributed by atoms with Gasteiger partial charge in [0, 0.05) is 17.8 Å². The number of nitrogens with two attached hydrogens (primary N) is 1. The molecule has 0 radical (unpaired) electrons. The fourth-order valence-electron chi connectivity index (χ4n) is 1.60. The van der Waals surface area contributed by atoms with Gasteiger partial charge in [-0.05, 0) is 24.1 Å². The highest BCUT2D eigenvalue weighted by Gasteiger charge is 2.22. The van der Waals surface area contributed by atoms with Gasteiger partial charge in [0.15, 0.2) is 0 Å². The van der Waals surface area contributed by atoms with Gasteiger partial charge < -0.3 is 16.0 Å². The Morgan fingerprint density at radius 1 is 1.40 bits per heavy atom. The molecular weight excluding hydrogens is 278 g/mol. The Balaban J connectivity index is 2.56. The smallest absolute Gasteiger partial charge is 0.243 e. The summed E-state index contributed by atoms with van der Waals surface area (Å²) in [6, 6.07) is 6.22. The Morgan fingerprint density at radius 2 is 2.05 bits per heavy atom. The molecule has 1 aromatic carbocycles. The Hall–Kier alpha value is -1.59. The van der Waals surface area contributed by atoms with Crippen LogP contribution >= 0.6 is 11.6 Å². The molecule has 0 saturated heterocycles. The van der Waals surface area contributed by atoms with Crippen LogP contribution in [0.15, 0.2) is 24.3 Å². The number of hydrogen-bond donors (Lipinski definition) is 2. The number of halogens is 1. The van der Waals surface area contributed by atoms with Crippen LogP contribution in [0.2, 0.25) is 5.02 Å². The van der Waals surface area contributed by atoms with Crippen molar-refractivity contribution in [2.75, 3.05) is 18.9 Å². The minimum Gasteiger partial charge on any atom is -0.335 e. The summed E-state index contributed by atoms with van der Waals surface area (Å²) >= 11 is 5.83. The monoisotopic (exact) mass is 297 g/mol. The van der Waals surface area contributed by atoms with E-state index in [-0.39, 0.29) is 24.3 Å². The Bertz CT molecular complexity index is 491. The maximum atomic E-state index is 11.9. The van der Waals surface area contributed by atoms with Crippen molar-refractivity contribution < 1.29 is 9.59 Å². The number of nitrogens with one attached hydrogen (secondary N) is 1. The number of carbonyl (C=O) groups is 2. The van der Waals surface area contributed by atoms with Crippen LogP contribution in [0.25, 0.3) is 0 Å². The largest absolute Gasteiger partial charge is 0.335 e. The summed E-state index contributed by atoms with van der Waals surface area (Å²) in [6.45, 7) is 3.68. The van der Waals surface area contributed by atoms with Crippen molar-refractivity contribution in [1.82, 2.24) is 4.90 Å².